The summed E-state index contributed by atoms with van der Waals surface area (Å²) in [7, 11) is 0. The van der Waals surface area contributed by atoms with E-state index < -0.39 is 0 Å². The van der Waals surface area contributed by atoms with Gasteiger partial charge in [0.15, 0.2) is 16.6 Å². The second kappa shape index (κ2) is 5.32. The van der Waals surface area contributed by atoms with E-state index in [1.807, 2.05) is 19.1 Å². The second-order valence-corrected chi connectivity index (χ2v) is 6.39. The van der Waals surface area contributed by atoms with E-state index in [1.54, 1.807) is 11.8 Å². The summed E-state index contributed by atoms with van der Waals surface area (Å²) in [4.78, 5) is 18.6. The fourth-order valence-corrected chi connectivity index (χ4v) is 3.83. The number of fused-ring (bicyclic) bond motifs is 3. The van der Waals surface area contributed by atoms with Gasteiger partial charge >= 0.3 is 6.03 Å². The zero-order valence-electron chi connectivity index (χ0n) is 12.8. The van der Waals surface area contributed by atoms with Crippen LogP contribution in [0, 0.1) is 11.8 Å². The minimum Gasteiger partial charge on any atom is -0.486 e. The molecule has 0 spiro atoms. The largest absolute Gasteiger partial charge is 0.486 e. The number of nitrogens with one attached hydrogen (secondary N) is 1. The number of amides is 2. The van der Waals surface area contributed by atoms with Crippen LogP contribution >= 0.6 is 11.3 Å². The van der Waals surface area contributed by atoms with Crippen molar-refractivity contribution in [1.29, 1.82) is 0 Å². The van der Waals surface area contributed by atoms with Crippen molar-refractivity contribution in [1.82, 2.24) is 10.3 Å². The van der Waals surface area contributed by atoms with Crippen molar-refractivity contribution in [2.75, 3.05) is 18.1 Å². The summed E-state index contributed by atoms with van der Waals surface area (Å²) in [6.45, 7) is 4.76. The number of benzene rings is 1. The molecule has 23 heavy (non-hydrogen) atoms. The number of hydrogen-bond acceptors (Lipinski definition) is 5. The van der Waals surface area contributed by atoms with E-state index in [2.05, 4.69) is 22.1 Å². The van der Waals surface area contributed by atoms with Crippen LogP contribution in [0.3, 0.4) is 0 Å². The molecule has 1 N–H and O–H groups in total. The van der Waals surface area contributed by atoms with Crippen LogP contribution < -0.4 is 19.7 Å². The summed E-state index contributed by atoms with van der Waals surface area (Å²) in [6.07, 6.45) is 0. The Balaban J connectivity index is 1.82. The van der Waals surface area contributed by atoms with Crippen molar-refractivity contribution >= 4 is 32.7 Å². The topological polar surface area (TPSA) is 63.7 Å². The molecule has 3 heterocycles. The molecule has 118 valence electrons. The quantitative estimate of drug-likeness (QED) is 0.816. The minimum atomic E-state index is -0.221. The summed E-state index contributed by atoms with van der Waals surface area (Å²) in [6, 6.07) is 3.39. The van der Waals surface area contributed by atoms with E-state index in [0.717, 1.165) is 10.2 Å². The normalized spacial score (nSPS) is 22.7. The monoisotopic (exact) mass is 329 g/mol. The first-order valence-corrected chi connectivity index (χ1v) is 8.22. The van der Waals surface area contributed by atoms with Crippen molar-refractivity contribution in [2.24, 2.45) is 0 Å². The number of urea groups is 1. The van der Waals surface area contributed by atoms with Crippen LogP contribution in [-0.4, -0.2) is 36.3 Å². The maximum Gasteiger partial charge on any atom is 0.325 e. The zero-order chi connectivity index (χ0) is 16.0. The zero-order valence-corrected chi connectivity index (χ0v) is 13.6. The van der Waals surface area contributed by atoms with Crippen molar-refractivity contribution in [3.63, 3.8) is 0 Å². The third-order valence-corrected chi connectivity index (χ3v) is 4.89. The van der Waals surface area contributed by atoms with Crippen LogP contribution in [0.2, 0.25) is 0 Å². The van der Waals surface area contributed by atoms with Crippen LogP contribution in [0.25, 0.3) is 10.2 Å². The molecule has 0 unspecified atom stereocenters. The third kappa shape index (κ3) is 2.18. The standard InChI is InChI=1S/C16H15N3O3S/c1-3-4-10-9(2)17-15(20)19(10)16-18-13-12(23-16)6-5-11-14(13)22-8-7-21-11/h5-6,9-10H,7-8H2,1-2H3,(H,17,20)/t9-,10+/m0/s1. The molecule has 1 aromatic heterocycles. The Hall–Kier alpha value is -2.46. The fraction of sp³-hybridized carbons (Fsp3) is 0.375. The Morgan fingerprint density at radius 1 is 1.39 bits per heavy atom. The first-order valence-electron chi connectivity index (χ1n) is 7.40. The number of rotatable bonds is 1. The third-order valence-electron chi connectivity index (χ3n) is 3.87. The molecule has 2 aliphatic heterocycles. The molecule has 0 bridgehead atoms. The molecule has 1 aromatic carbocycles. The van der Waals surface area contributed by atoms with Gasteiger partial charge in [-0.2, -0.15) is 0 Å². The van der Waals surface area contributed by atoms with Gasteiger partial charge < -0.3 is 14.8 Å². The number of thiazole rings is 1. The Morgan fingerprint density at radius 2 is 2.22 bits per heavy atom. The van der Waals surface area contributed by atoms with Gasteiger partial charge in [0.1, 0.15) is 24.8 Å². The fourth-order valence-electron chi connectivity index (χ4n) is 2.83. The highest BCUT2D eigenvalue weighted by molar-refractivity contribution is 7.22. The molecule has 1 fully saturated rings. The van der Waals surface area contributed by atoms with Gasteiger partial charge in [0, 0.05) is 0 Å². The lowest BCUT2D eigenvalue weighted by atomic mass is 10.1. The SMILES string of the molecule is CC#C[C@@H]1[C@H](C)NC(=O)N1c1nc2c3c(ccc2s1)OCCO3. The van der Waals surface area contributed by atoms with E-state index in [-0.39, 0.29) is 18.1 Å². The molecule has 2 atom stereocenters. The number of carbonyl (C=O) groups excluding carboxylic acids is 1. The minimum absolute atomic E-state index is 0.0459. The maximum atomic E-state index is 12.3. The molecule has 7 heteroatoms. The predicted octanol–water partition coefficient (Wildman–Crippen LogP) is 2.38. The van der Waals surface area contributed by atoms with Crippen LogP contribution in [0.5, 0.6) is 11.5 Å². The highest BCUT2D eigenvalue weighted by atomic mass is 32.1. The highest BCUT2D eigenvalue weighted by Gasteiger charge is 2.38. The van der Waals surface area contributed by atoms with Crippen molar-refractivity contribution in [3.8, 4) is 23.3 Å². The van der Waals surface area contributed by atoms with Crippen molar-refractivity contribution < 1.29 is 14.3 Å². The highest BCUT2D eigenvalue weighted by Crippen LogP contribution is 2.42. The Morgan fingerprint density at radius 3 is 3.04 bits per heavy atom. The summed E-state index contributed by atoms with van der Waals surface area (Å²) in [5, 5.41) is 3.52. The molecule has 0 aliphatic carbocycles. The average molecular weight is 329 g/mol. The van der Waals surface area contributed by atoms with Gasteiger partial charge in [-0.1, -0.05) is 17.3 Å². The van der Waals surface area contributed by atoms with E-state index in [4.69, 9.17) is 9.47 Å². The van der Waals surface area contributed by atoms with Crippen molar-refractivity contribution in [3.05, 3.63) is 12.1 Å². The summed E-state index contributed by atoms with van der Waals surface area (Å²) >= 11 is 1.45. The van der Waals surface area contributed by atoms with E-state index >= 15 is 0 Å². The van der Waals surface area contributed by atoms with E-state index in [9.17, 15) is 4.79 Å². The summed E-state index contributed by atoms with van der Waals surface area (Å²) < 4.78 is 12.3. The predicted molar refractivity (Wildman–Crippen MR) is 88.3 cm³/mol. The Bertz CT molecular complexity index is 851. The Labute approximate surface area is 137 Å². The molecular formula is C16H15N3O3S. The molecule has 2 aliphatic rings. The van der Waals surface area contributed by atoms with Gasteiger partial charge in [-0.3, -0.25) is 4.90 Å². The smallest absolute Gasteiger partial charge is 0.325 e. The first kappa shape index (κ1) is 14.2. The van der Waals surface area contributed by atoms with Gasteiger partial charge in [-0.15, -0.1) is 5.92 Å². The lowest BCUT2D eigenvalue weighted by Crippen LogP contribution is -2.34. The number of hydrogen-bond donors (Lipinski definition) is 1. The van der Waals surface area contributed by atoms with Gasteiger partial charge in [-0.05, 0) is 26.0 Å². The number of nitrogens with zero attached hydrogens (tertiary/aromatic N) is 2. The van der Waals surface area contributed by atoms with Crippen LogP contribution in [0.15, 0.2) is 12.1 Å². The molecule has 0 radical (unpaired) electrons. The summed E-state index contributed by atoms with van der Waals surface area (Å²) in [5.74, 6) is 7.33. The second-order valence-electron chi connectivity index (χ2n) is 5.38. The lowest BCUT2D eigenvalue weighted by molar-refractivity contribution is 0.173. The molecule has 2 amide bonds. The first-order chi connectivity index (χ1) is 11.2. The lowest BCUT2D eigenvalue weighted by Gasteiger charge is -2.18. The molecular weight excluding hydrogens is 314 g/mol. The average Bonchev–Trinajstić information content (AvgIpc) is 3.09. The van der Waals surface area contributed by atoms with Crippen LogP contribution in [-0.2, 0) is 0 Å². The van der Waals surface area contributed by atoms with Gasteiger partial charge in [0.2, 0.25) is 0 Å². The summed E-state index contributed by atoms with van der Waals surface area (Å²) in [5.41, 5.74) is 0.734. The molecule has 2 aromatic rings. The number of anilines is 1. The molecule has 6 nitrogen and oxygen atoms in total. The van der Waals surface area contributed by atoms with Gasteiger partial charge in [0.25, 0.3) is 0 Å². The number of aromatic nitrogens is 1. The van der Waals surface area contributed by atoms with Crippen LogP contribution in [0.1, 0.15) is 13.8 Å². The molecule has 1 saturated heterocycles. The van der Waals surface area contributed by atoms with E-state index in [1.165, 1.54) is 11.3 Å². The van der Waals surface area contributed by atoms with Gasteiger partial charge in [0.05, 0.1) is 10.7 Å². The van der Waals surface area contributed by atoms with Gasteiger partial charge in [-0.25, -0.2) is 9.78 Å². The van der Waals surface area contributed by atoms with Crippen LogP contribution in [0.4, 0.5) is 9.93 Å². The number of carbonyl (C=O) groups is 1. The number of ether oxygens (including phenoxy) is 2. The Kier molecular flexibility index (Phi) is 3.27. The molecule has 0 saturated carbocycles. The van der Waals surface area contributed by atoms with E-state index in [0.29, 0.717) is 29.8 Å². The maximum absolute atomic E-state index is 12.3. The molecule has 4 rings (SSSR count). The van der Waals surface area contributed by atoms with Crippen molar-refractivity contribution in [2.45, 2.75) is 25.9 Å².